The number of amides is 2. The summed E-state index contributed by atoms with van der Waals surface area (Å²) >= 11 is 12.8. The van der Waals surface area contributed by atoms with Crippen molar-refractivity contribution in [1.29, 1.82) is 0 Å². The maximum atomic E-state index is 12.9. The molecular formula is C26H21ClN2O4S2. The summed E-state index contributed by atoms with van der Waals surface area (Å²) in [5, 5.41) is 3.15. The Labute approximate surface area is 217 Å². The monoisotopic (exact) mass is 524 g/mol. The largest absolute Gasteiger partial charge is 0.493 e. The maximum absolute atomic E-state index is 12.9. The predicted octanol–water partition coefficient (Wildman–Crippen LogP) is 5.77. The standard InChI is InChI=1S/C26H21ClN2O4S2/c1-32-22-13-18(11-12-21(22)33-16-24(30)28-20-10-6-5-9-19(20)27)14-23-25(31)29(26(34)35-23)15-17-7-3-2-4-8-17/h2-14H,15-16H2,1H3,(H,28,30)/b23-14-. The van der Waals surface area contributed by atoms with Gasteiger partial charge in [0.2, 0.25) is 0 Å². The van der Waals surface area contributed by atoms with Crippen LogP contribution in [0.2, 0.25) is 5.02 Å². The summed E-state index contributed by atoms with van der Waals surface area (Å²) in [6.07, 6.45) is 1.76. The third kappa shape index (κ3) is 6.22. The molecule has 1 aliphatic rings. The third-order valence-corrected chi connectivity index (χ3v) is 6.76. The molecule has 0 atom stereocenters. The molecule has 6 nitrogen and oxygen atoms in total. The first kappa shape index (κ1) is 24.8. The van der Waals surface area contributed by atoms with Gasteiger partial charge in [-0.1, -0.05) is 84.1 Å². The Hall–Kier alpha value is -3.33. The van der Waals surface area contributed by atoms with Crippen LogP contribution in [0.5, 0.6) is 11.5 Å². The second-order valence-electron chi connectivity index (χ2n) is 7.48. The topological polar surface area (TPSA) is 67.9 Å². The summed E-state index contributed by atoms with van der Waals surface area (Å²) in [6, 6.07) is 21.9. The van der Waals surface area contributed by atoms with Crippen LogP contribution < -0.4 is 14.8 Å². The first-order valence-corrected chi connectivity index (χ1v) is 12.2. The summed E-state index contributed by atoms with van der Waals surface area (Å²) < 4.78 is 11.6. The van der Waals surface area contributed by atoms with Crippen molar-refractivity contribution in [3.05, 3.63) is 93.9 Å². The van der Waals surface area contributed by atoms with Crippen molar-refractivity contribution in [2.75, 3.05) is 19.0 Å². The summed E-state index contributed by atoms with van der Waals surface area (Å²) in [5.74, 6) is 0.338. The molecule has 0 bridgehead atoms. The number of benzene rings is 3. The second-order valence-corrected chi connectivity index (χ2v) is 9.56. The molecule has 0 radical (unpaired) electrons. The molecule has 3 aromatic rings. The van der Waals surface area contributed by atoms with E-state index in [1.165, 1.54) is 18.9 Å². The lowest BCUT2D eigenvalue weighted by molar-refractivity contribution is -0.122. The second kappa shape index (κ2) is 11.4. The number of carbonyl (C=O) groups excluding carboxylic acids is 2. The molecule has 0 unspecified atom stereocenters. The zero-order valence-electron chi connectivity index (χ0n) is 18.7. The van der Waals surface area contributed by atoms with Crippen LogP contribution in [0.25, 0.3) is 6.08 Å². The van der Waals surface area contributed by atoms with Gasteiger partial charge < -0.3 is 14.8 Å². The van der Waals surface area contributed by atoms with Gasteiger partial charge >= 0.3 is 0 Å². The molecule has 1 heterocycles. The van der Waals surface area contributed by atoms with Crippen molar-refractivity contribution in [1.82, 2.24) is 4.90 Å². The van der Waals surface area contributed by atoms with E-state index in [4.69, 9.17) is 33.3 Å². The van der Waals surface area contributed by atoms with Crippen LogP contribution >= 0.6 is 35.6 Å². The number of para-hydroxylation sites is 1. The molecule has 0 saturated carbocycles. The molecule has 0 aromatic heterocycles. The number of hydrogen-bond donors (Lipinski definition) is 1. The minimum absolute atomic E-state index is 0.139. The molecule has 1 saturated heterocycles. The van der Waals surface area contributed by atoms with E-state index in [2.05, 4.69) is 5.32 Å². The highest BCUT2D eigenvalue weighted by atomic mass is 35.5. The van der Waals surface area contributed by atoms with Crippen molar-refractivity contribution in [2.45, 2.75) is 6.54 Å². The summed E-state index contributed by atoms with van der Waals surface area (Å²) in [7, 11) is 1.51. The molecule has 3 aromatic carbocycles. The lowest BCUT2D eigenvalue weighted by atomic mass is 10.1. The van der Waals surface area contributed by atoms with Crippen LogP contribution in [0, 0.1) is 0 Å². The van der Waals surface area contributed by atoms with E-state index >= 15 is 0 Å². The molecule has 9 heteroatoms. The van der Waals surface area contributed by atoms with Gasteiger partial charge in [0, 0.05) is 0 Å². The highest BCUT2D eigenvalue weighted by Gasteiger charge is 2.32. The Morgan fingerprint density at radius 3 is 2.57 bits per heavy atom. The number of carbonyl (C=O) groups is 2. The fourth-order valence-electron chi connectivity index (χ4n) is 3.34. The first-order valence-electron chi connectivity index (χ1n) is 10.6. The minimum Gasteiger partial charge on any atom is -0.493 e. The quantitative estimate of drug-likeness (QED) is 0.298. The molecule has 35 heavy (non-hydrogen) atoms. The average Bonchev–Trinajstić information content (AvgIpc) is 3.12. The lowest BCUT2D eigenvalue weighted by Gasteiger charge is -2.14. The van der Waals surface area contributed by atoms with E-state index in [0.717, 1.165) is 11.1 Å². The molecular weight excluding hydrogens is 504 g/mol. The predicted molar refractivity (Wildman–Crippen MR) is 144 cm³/mol. The number of nitrogens with zero attached hydrogens (tertiary/aromatic N) is 1. The normalized spacial score (nSPS) is 14.3. The van der Waals surface area contributed by atoms with Crippen LogP contribution in [-0.2, 0) is 16.1 Å². The summed E-state index contributed by atoms with van der Waals surface area (Å²) in [5.41, 5.74) is 2.26. The fraction of sp³-hybridized carbons (Fsp3) is 0.115. The van der Waals surface area contributed by atoms with Gasteiger partial charge in [0.15, 0.2) is 18.1 Å². The van der Waals surface area contributed by atoms with Gasteiger partial charge in [-0.25, -0.2) is 0 Å². The molecule has 0 spiro atoms. The lowest BCUT2D eigenvalue weighted by Crippen LogP contribution is -2.27. The van der Waals surface area contributed by atoms with Crippen LogP contribution in [0.1, 0.15) is 11.1 Å². The van der Waals surface area contributed by atoms with Gasteiger partial charge in [-0.05, 0) is 41.5 Å². The average molecular weight is 525 g/mol. The van der Waals surface area contributed by atoms with Crippen molar-refractivity contribution in [2.24, 2.45) is 0 Å². The number of hydrogen-bond acceptors (Lipinski definition) is 6. The van der Waals surface area contributed by atoms with Crippen LogP contribution in [0.4, 0.5) is 5.69 Å². The number of thioether (sulfide) groups is 1. The highest BCUT2D eigenvalue weighted by Crippen LogP contribution is 2.35. The van der Waals surface area contributed by atoms with Crippen molar-refractivity contribution in [3.63, 3.8) is 0 Å². The van der Waals surface area contributed by atoms with Crippen LogP contribution in [0.3, 0.4) is 0 Å². The molecule has 178 valence electrons. The highest BCUT2D eigenvalue weighted by molar-refractivity contribution is 8.26. The van der Waals surface area contributed by atoms with Gasteiger partial charge in [0.05, 0.1) is 29.3 Å². The van der Waals surface area contributed by atoms with Crippen molar-refractivity contribution in [3.8, 4) is 11.5 Å². The van der Waals surface area contributed by atoms with Crippen LogP contribution in [0.15, 0.2) is 77.7 Å². The summed E-state index contributed by atoms with van der Waals surface area (Å²) in [6.45, 7) is 0.203. The Bertz CT molecular complexity index is 1300. The van der Waals surface area contributed by atoms with Gasteiger partial charge in [-0.15, -0.1) is 0 Å². The maximum Gasteiger partial charge on any atom is 0.266 e. The van der Waals surface area contributed by atoms with E-state index < -0.39 is 0 Å². The molecule has 4 rings (SSSR count). The molecule has 1 N–H and O–H groups in total. The Morgan fingerprint density at radius 2 is 1.83 bits per heavy atom. The number of rotatable bonds is 8. The first-order chi connectivity index (χ1) is 16.9. The van der Waals surface area contributed by atoms with E-state index in [0.29, 0.717) is 38.0 Å². The number of nitrogens with one attached hydrogen (secondary N) is 1. The number of methoxy groups -OCH3 is 1. The van der Waals surface area contributed by atoms with Gasteiger partial charge in [0.1, 0.15) is 4.32 Å². The Kier molecular flexibility index (Phi) is 8.07. The summed E-state index contributed by atoms with van der Waals surface area (Å²) in [4.78, 5) is 27.3. The van der Waals surface area contributed by atoms with Gasteiger partial charge in [-0.2, -0.15) is 0 Å². The van der Waals surface area contributed by atoms with Crippen LogP contribution in [-0.4, -0.2) is 34.8 Å². The van der Waals surface area contributed by atoms with E-state index in [1.54, 1.807) is 53.4 Å². The smallest absolute Gasteiger partial charge is 0.266 e. The number of anilines is 1. The SMILES string of the molecule is COc1cc(/C=C2\SC(=S)N(Cc3ccccc3)C2=O)ccc1OCC(=O)Nc1ccccc1Cl. The Balaban J connectivity index is 1.42. The number of halogens is 1. The van der Waals surface area contributed by atoms with Crippen molar-refractivity contribution >= 4 is 63.5 Å². The Morgan fingerprint density at radius 1 is 1.09 bits per heavy atom. The minimum atomic E-state index is -0.355. The third-order valence-electron chi connectivity index (χ3n) is 5.05. The molecule has 1 aliphatic heterocycles. The van der Waals surface area contributed by atoms with Gasteiger partial charge in [0.25, 0.3) is 11.8 Å². The van der Waals surface area contributed by atoms with E-state index in [-0.39, 0.29) is 18.4 Å². The zero-order valence-corrected chi connectivity index (χ0v) is 21.1. The fourth-order valence-corrected chi connectivity index (χ4v) is 4.78. The van der Waals surface area contributed by atoms with Crippen molar-refractivity contribution < 1.29 is 19.1 Å². The molecule has 2 amide bonds. The zero-order chi connectivity index (χ0) is 24.8. The number of ether oxygens (including phenoxy) is 2. The van der Waals surface area contributed by atoms with E-state index in [1.807, 2.05) is 30.3 Å². The molecule has 1 fully saturated rings. The number of thiocarbonyl (C=S) groups is 1. The van der Waals surface area contributed by atoms with Gasteiger partial charge in [-0.3, -0.25) is 14.5 Å². The molecule has 0 aliphatic carbocycles. The van der Waals surface area contributed by atoms with E-state index in [9.17, 15) is 9.59 Å².